The van der Waals surface area contributed by atoms with Gasteiger partial charge in [-0.3, -0.25) is 0 Å². The van der Waals surface area contributed by atoms with Crippen molar-refractivity contribution in [2.45, 2.75) is 45.3 Å². The number of hydrogen-bond donors (Lipinski definition) is 1. The highest BCUT2D eigenvalue weighted by atomic mass is 16.5. The summed E-state index contributed by atoms with van der Waals surface area (Å²) in [6.45, 7) is 6.82. The molecule has 0 bridgehead atoms. The molecule has 5 heteroatoms. The van der Waals surface area contributed by atoms with E-state index in [2.05, 4.69) is 10.1 Å². The third kappa shape index (κ3) is 1.97. The lowest BCUT2D eigenvalue weighted by molar-refractivity contribution is 0.00768. The average molecular weight is 225 g/mol. The van der Waals surface area contributed by atoms with Gasteiger partial charge in [0.1, 0.15) is 5.60 Å². The first-order valence-electron chi connectivity index (χ1n) is 5.76. The Labute approximate surface area is 95.3 Å². The van der Waals surface area contributed by atoms with E-state index in [1.54, 1.807) is 0 Å². The first kappa shape index (κ1) is 11.5. The Hall–Kier alpha value is -0.940. The summed E-state index contributed by atoms with van der Waals surface area (Å²) in [5, 5.41) is 3.98. The molecule has 1 aromatic heterocycles. The van der Waals surface area contributed by atoms with Crippen molar-refractivity contribution >= 4 is 0 Å². The first-order valence-corrected chi connectivity index (χ1v) is 5.76. The molecule has 5 nitrogen and oxygen atoms in total. The molecular weight excluding hydrogens is 206 g/mol. The van der Waals surface area contributed by atoms with Gasteiger partial charge in [0, 0.05) is 6.61 Å². The summed E-state index contributed by atoms with van der Waals surface area (Å²) in [6.07, 6.45) is 1.97. The van der Waals surface area contributed by atoms with Crippen LogP contribution in [0, 0.1) is 5.92 Å². The van der Waals surface area contributed by atoms with E-state index in [0.717, 1.165) is 19.4 Å². The van der Waals surface area contributed by atoms with E-state index in [1.165, 1.54) is 0 Å². The van der Waals surface area contributed by atoms with Crippen LogP contribution in [0.5, 0.6) is 0 Å². The van der Waals surface area contributed by atoms with E-state index < -0.39 is 5.60 Å². The van der Waals surface area contributed by atoms with Gasteiger partial charge in [-0.15, -0.1) is 0 Å². The Morgan fingerprint density at radius 3 is 2.75 bits per heavy atom. The van der Waals surface area contributed by atoms with Crippen molar-refractivity contribution in [2.24, 2.45) is 11.7 Å². The fourth-order valence-corrected chi connectivity index (χ4v) is 1.83. The predicted octanol–water partition coefficient (Wildman–Crippen LogP) is 1.75. The molecule has 0 spiro atoms. The molecule has 1 fully saturated rings. The third-order valence-electron chi connectivity index (χ3n) is 3.14. The Kier molecular flexibility index (Phi) is 2.99. The maximum atomic E-state index is 5.96. The zero-order chi connectivity index (χ0) is 11.8. The van der Waals surface area contributed by atoms with Crippen LogP contribution >= 0.6 is 0 Å². The highest BCUT2D eigenvalue weighted by Gasteiger charge is 2.37. The summed E-state index contributed by atoms with van der Waals surface area (Å²) in [6, 6.07) is -0.203. The Bertz CT molecular complexity index is 356. The Morgan fingerprint density at radius 2 is 2.19 bits per heavy atom. The maximum absolute atomic E-state index is 5.96. The minimum atomic E-state index is -0.390. The summed E-state index contributed by atoms with van der Waals surface area (Å²) in [5.41, 5.74) is 5.57. The van der Waals surface area contributed by atoms with Gasteiger partial charge >= 0.3 is 0 Å². The van der Waals surface area contributed by atoms with Gasteiger partial charge in [0.05, 0.1) is 6.04 Å². The molecule has 1 aliphatic heterocycles. The molecule has 2 rings (SSSR count). The van der Waals surface area contributed by atoms with Gasteiger partial charge in [-0.05, 0) is 25.7 Å². The second kappa shape index (κ2) is 4.14. The number of aromatic nitrogens is 2. The van der Waals surface area contributed by atoms with Gasteiger partial charge in [-0.25, -0.2) is 0 Å². The fraction of sp³-hybridized carbons (Fsp3) is 0.818. The second-order valence-corrected chi connectivity index (χ2v) is 4.91. The van der Waals surface area contributed by atoms with Crippen LogP contribution in [0.25, 0.3) is 0 Å². The zero-order valence-electron chi connectivity index (χ0n) is 10.1. The third-order valence-corrected chi connectivity index (χ3v) is 3.14. The largest absolute Gasteiger partial charge is 0.367 e. The van der Waals surface area contributed by atoms with Crippen molar-refractivity contribution in [3.8, 4) is 0 Å². The number of nitrogens with two attached hydrogens (primary N) is 1. The minimum Gasteiger partial charge on any atom is -0.367 e. The van der Waals surface area contributed by atoms with Gasteiger partial charge in [0.2, 0.25) is 11.7 Å². The number of ether oxygens (including phenoxy) is 1. The van der Waals surface area contributed by atoms with E-state index in [-0.39, 0.29) is 12.0 Å². The van der Waals surface area contributed by atoms with Crippen LogP contribution in [0.2, 0.25) is 0 Å². The van der Waals surface area contributed by atoms with Gasteiger partial charge in [0.25, 0.3) is 0 Å². The molecule has 2 heterocycles. The van der Waals surface area contributed by atoms with E-state index in [9.17, 15) is 0 Å². The minimum absolute atomic E-state index is 0.203. The first-order chi connectivity index (χ1) is 7.53. The Balaban J connectivity index is 2.19. The molecule has 0 aliphatic carbocycles. The molecule has 0 amide bonds. The van der Waals surface area contributed by atoms with Gasteiger partial charge in [-0.2, -0.15) is 4.98 Å². The lowest BCUT2D eigenvalue weighted by Crippen LogP contribution is -2.22. The summed E-state index contributed by atoms with van der Waals surface area (Å²) in [4.78, 5) is 4.36. The highest BCUT2D eigenvalue weighted by Crippen LogP contribution is 2.34. The van der Waals surface area contributed by atoms with E-state index in [1.807, 2.05) is 20.8 Å². The molecule has 0 radical (unpaired) electrons. The van der Waals surface area contributed by atoms with Gasteiger partial charge in [0.15, 0.2) is 0 Å². The van der Waals surface area contributed by atoms with Crippen LogP contribution in [0.1, 0.15) is 51.4 Å². The zero-order valence-corrected chi connectivity index (χ0v) is 10.1. The summed E-state index contributed by atoms with van der Waals surface area (Å²) in [5.74, 6) is 1.41. The molecule has 1 aliphatic rings. The van der Waals surface area contributed by atoms with Gasteiger partial charge < -0.3 is 15.0 Å². The quantitative estimate of drug-likeness (QED) is 0.848. The van der Waals surface area contributed by atoms with Crippen LogP contribution < -0.4 is 5.73 Å². The topological polar surface area (TPSA) is 74.2 Å². The molecule has 2 N–H and O–H groups in total. The standard InChI is InChI=1S/C11H19N3O2/c1-7(2)8(12)9-13-10(14-16-9)11(3)5-4-6-15-11/h7-8H,4-6,12H2,1-3H3/t8-,11?/m0/s1. The Morgan fingerprint density at radius 1 is 1.44 bits per heavy atom. The van der Waals surface area contributed by atoms with Crippen molar-refractivity contribution in [2.75, 3.05) is 6.61 Å². The molecule has 0 aromatic carbocycles. The summed E-state index contributed by atoms with van der Waals surface area (Å²) < 4.78 is 10.9. The molecule has 16 heavy (non-hydrogen) atoms. The average Bonchev–Trinajstić information content (AvgIpc) is 2.85. The fourth-order valence-electron chi connectivity index (χ4n) is 1.83. The highest BCUT2D eigenvalue weighted by molar-refractivity contribution is 5.03. The number of nitrogens with zero attached hydrogens (tertiary/aromatic N) is 2. The lowest BCUT2D eigenvalue weighted by atomic mass is 10.0. The molecule has 0 saturated carbocycles. The van der Waals surface area contributed by atoms with E-state index in [4.69, 9.17) is 15.0 Å². The van der Waals surface area contributed by atoms with Crippen molar-refractivity contribution < 1.29 is 9.26 Å². The summed E-state index contributed by atoms with van der Waals surface area (Å²) >= 11 is 0. The van der Waals surface area contributed by atoms with Crippen LogP contribution in [-0.4, -0.2) is 16.7 Å². The van der Waals surface area contributed by atoms with Crippen LogP contribution in [-0.2, 0) is 10.3 Å². The summed E-state index contributed by atoms with van der Waals surface area (Å²) in [7, 11) is 0. The van der Waals surface area contributed by atoms with E-state index >= 15 is 0 Å². The SMILES string of the molecule is CC(C)[C@H](N)c1nc(C2(C)CCCO2)no1. The smallest absolute Gasteiger partial charge is 0.243 e. The van der Waals surface area contributed by atoms with Crippen molar-refractivity contribution in [1.82, 2.24) is 10.1 Å². The van der Waals surface area contributed by atoms with Gasteiger partial charge in [-0.1, -0.05) is 19.0 Å². The number of hydrogen-bond acceptors (Lipinski definition) is 5. The molecule has 90 valence electrons. The molecule has 1 unspecified atom stereocenters. The lowest BCUT2D eigenvalue weighted by Gasteiger charge is -2.17. The number of rotatable bonds is 3. The van der Waals surface area contributed by atoms with E-state index in [0.29, 0.717) is 11.7 Å². The molecule has 1 aromatic rings. The second-order valence-electron chi connectivity index (χ2n) is 4.91. The van der Waals surface area contributed by atoms with Crippen molar-refractivity contribution in [3.63, 3.8) is 0 Å². The maximum Gasteiger partial charge on any atom is 0.243 e. The normalized spacial score (nSPS) is 27.6. The van der Waals surface area contributed by atoms with Crippen LogP contribution in [0.4, 0.5) is 0 Å². The monoisotopic (exact) mass is 225 g/mol. The molecule has 2 atom stereocenters. The van der Waals surface area contributed by atoms with Crippen LogP contribution in [0.15, 0.2) is 4.52 Å². The predicted molar refractivity (Wildman–Crippen MR) is 58.6 cm³/mol. The van der Waals surface area contributed by atoms with Crippen molar-refractivity contribution in [1.29, 1.82) is 0 Å². The molecule has 1 saturated heterocycles. The van der Waals surface area contributed by atoms with Crippen molar-refractivity contribution in [3.05, 3.63) is 11.7 Å². The van der Waals surface area contributed by atoms with Crippen LogP contribution in [0.3, 0.4) is 0 Å². The molecular formula is C11H19N3O2.